The van der Waals surface area contributed by atoms with Crippen LogP contribution >= 0.6 is 34.7 Å². The molecule has 130 valence electrons. The number of amides is 1. The number of nitrogens with zero attached hydrogens (tertiary/aromatic N) is 1. The van der Waals surface area contributed by atoms with Crippen LogP contribution in [0, 0.1) is 13.8 Å². The van der Waals surface area contributed by atoms with Crippen LogP contribution in [0.2, 0.25) is 5.02 Å². The third kappa shape index (κ3) is 4.75. The van der Waals surface area contributed by atoms with E-state index >= 15 is 0 Å². The highest BCUT2D eigenvalue weighted by Crippen LogP contribution is 2.33. The van der Waals surface area contributed by atoms with Crippen molar-refractivity contribution in [1.29, 1.82) is 0 Å². The number of benzene rings is 2. The van der Waals surface area contributed by atoms with E-state index in [2.05, 4.69) is 41.5 Å². The highest BCUT2D eigenvalue weighted by Gasteiger charge is 2.11. The number of aryl methyl sites for hydroxylation is 2. The van der Waals surface area contributed by atoms with Gasteiger partial charge >= 0.3 is 0 Å². The third-order valence-corrected chi connectivity index (χ3v) is 6.31. The number of hydrogen-bond donors (Lipinski definition) is 1. The van der Waals surface area contributed by atoms with E-state index in [-0.39, 0.29) is 5.91 Å². The van der Waals surface area contributed by atoms with Crippen LogP contribution in [0.3, 0.4) is 0 Å². The fourth-order valence-electron chi connectivity index (χ4n) is 2.39. The lowest BCUT2D eigenvalue weighted by atomic mass is 10.2. The lowest BCUT2D eigenvalue weighted by Crippen LogP contribution is -2.11. The Balaban J connectivity index is 1.50. The molecule has 0 aliphatic carbocycles. The lowest BCUT2D eigenvalue weighted by molar-refractivity contribution is -0.116. The number of anilines is 1. The van der Waals surface area contributed by atoms with Crippen LogP contribution in [0.1, 0.15) is 24.0 Å². The SMILES string of the molecule is Cc1ccc(SCCCC(=O)Nc2nc3c(C)ccc(Cl)c3s2)cc1. The molecule has 6 heteroatoms. The van der Waals surface area contributed by atoms with Crippen LogP contribution in [-0.2, 0) is 4.79 Å². The summed E-state index contributed by atoms with van der Waals surface area (Å²) in [6.07, 6.45) is 1.32. The predicted octanol–water partition coefficient (Wildman–Crippen LogP) is 6.08. The summed E-state index contributed by atoms with van der Waals surface area (Å²) in [5.74, 6) is 0.915. The third-order valence-electron chi connectivity index (χ3n) is 3.78. The highest BCUT2D eigenvalue weighted by atomic mass is 35.5. The average molecular weight is 391 g/mol. The maximum absolute atomic E-state index is 12.1. The van der Waals surface area contributed by atoms with Crippen molar-refractivity contribution in [2.45, 2.75) is 31.6 Å². The van der Waals surface area contributed by atoms with E-state index in [9.17, 15) is 4.79 Å². The summed E-state index contributed by atoms with van der Waals surface area (Å²) in [6.45, 7) is 4.07. The first-order chi connectivity index (χ1) is 12.0. The highest BCUT2D eigenvalue weighted by molar-refractivity contribution is 7.99. The van der Waals surface area contributed by atoms with E-state index in [0.717, 1.165) is 28.0 Å². The van der Waals surface area contributed by atoms with Gasteiger partial charge in [-0.1, -0.05) is 46.7 Å². The Morgan fingerprint density at radius 3 is 2.68 bits per heavy atom. The minimum absolute atomic E-state index is 0.00247. The first-order valence-electron chi connectivity index (χ1n) is 8.08. The molecule has 0 saturated carbocycles. The number of thioether (sulfide) groups is 1. The monoisotopic (exact) mass is 390 g/mol. The van der Waals surface area contributed by atoms with Crippen molar-refractivity contribution in [1.82, 2.24) is 4.98 Å². The topological polar surface area (TPSA) is 42.0 Å². The zero-order valence-corrected chi connectivity index (χ0v) is 16.5. The van der Waals surface area contributed by atoms with Gasteiger partial charge in [0.15, 0.2) is 5.13 Å². The van der Waals surface area contributed by atoms with Gasteiger partial charge in [-0.05, 0) is 49.8 Å². The van der Waals surface area contributed by atoms with Crippen molar-refractivity contribution in [3.05, 3.63) is 52.5 Å². The number of carbonyl (C=O) groups excluding carboxylic acids is 1. The summed E-state index contributed by atoms with van der Waals surface area (Å²) in [7, 11) is 0. The Kier molecular flexibility index (Phi) is 5.99. The Bertz CT molecular complexity index is 851. The van der Waals surface area contributed by atoms with E-state index in [1.807, 2.05) is 19.1 Å². The molecule has 0 spiro atoms. The summed E-state index contributed by atoms with van der Waals surface area (Å²) in [6, 6.07) is 12.3. The van der Waals surface area contributed by atoms with Crippen molar-refractivity contribution in [3.63, 3.8) is 0 Å². The lowest BCUT2D eigenvalue weighted by Gasteiger charge is -2.03. The number of halogens is 1. The molecule has 0 fully saturated rings. The van der Waals surface area contributed by atoms with Gasteiger partial charge in [-0.2, -0.15) is 0 Å². The van der Waals surface area contributed by atoms with Gasteiger partial charge in [-0.25, -0.2) is 4.98 Å². The molecule has 0 atom stereocenters. The first-order valence-corrected chi connectivity index (χ1v) is 10.3. The molecule has 1 amide bonds. The second-order valence-corrected chi connectivity index (χ2v) is 8.45. The maximum Gasteiger partial charge on any atom is 0.226 e. The molecular formula is C19H19ClN2OS2. The number of nitrogens with one attached hydrogen (secondary N) is 1. The van der Waals surface area contributed by atoms with Gasteiger partial charge in [0, 0.05) is 11.3 Å². The van der Waals surface area contributed by atoms with Gasteiger partial charge < -0.3 is 5.32 Å². The van der Waals surface area contributed by atoms with Crippen molar-refractivity contribution >= 4 is 56.0 Å². The zero-order valence-electron chi connectivity index (χ0n) is 14.1. The van der Waals surface area contributed by atoms with Gasteiger partial charge in [-0.15, -0.1) is 11.8 Å². The molecule has 3 rings (SSSR count). The number of fused-ring (bicyclic) bond motifs is 1. The average Bonchev–Trinajstić information content (AvgIpc) is 3.02. The molecule has 1 aromatic heterocycles. The van der Waals surface area contributed by atoms with Gasteiger partial charge in [0.05, 0.1) is 15.2 Å². The van der Waals surface area contributed by atoms with E-state index in [4.69, 9.17) is 11.6 Å². The minimum atomic E-state index is -0.00247. The van der Waals surface area contributed by atoms with Gasteiger partial charge in [0.25, 0.3) is 0 Å². The molecule has 0 bridgehead atoms. The Morgan fingerprint density at radius 1 is 1.20 bits per heavy atom. The first kappa shape index (κ1) is 18.2. The molecular weight excluding hydrogens is 372 g/mol. The molecule has 3 aromatic rings. The second-order valence-electron chi connectivity index (χ2n) is 5.87. The number of rotatable bonds is 6. The Morgan fingerprint density at radius 2 is 1.96 bits per heavy atom. The quantitative estimate of drug-likeness (QED) is 0.409. The van der Waals surface area contributed by atoms with E-state index < -0.39 is 0 Å². The van der Waals surface area contributed by atoms with Crippen LogP contribution in [-0.4, -0.2) is 16.6 Å². The fraction of sp³-hybridized carbons (Fsp3) is 0.263. The fourth-order valence-corrected chi connectivity index (χ4v) is 4.48. The van der Waals surface area contributed by atoms with Crippen LogP contribution in [0.5, 0.6) is 0 Å². The predicted molar refractivity (Wildman–Crippen MR) is 109 cm³/mol. The number of thiazole rings is 1. The molecule has 2 aromatic carbocycles. The number of carbonyl (C=O) groups is 1. The van der Waals surface area contributed by atoms with Crippen LogP contribution in [0.25, 0.3) is 10.2 Å². The molecule has 0 aliphatic heterocycles. The molecule has 3 nitrogen and oxygen atoms in total. The molecule has 0 unspecified atom stereocenters. The smallest absolute Gasteiger partial charge is 0.226 e. The van der Waals surface area contributed by atoms with Crippen molar-refractivity contribution < 1.29 is 4.79 Å². The Hall–Kier alpha value is -1.56. The molecule has 1 heterocycles. The van der Waals surface area contributed by atoms with Gasteiger partial charge in [-0.3, -0.25) is 4.79 Å². The van der Waals surface area contributed by atoms with Gasteiger partial charge in [0.1, 0.15) is 0 Å². The van der Waals surface area contributed by atoms with Crippen LogP contribution in [0.4, 0.5) is 5.13 Å². The second kappa shape index (κ2) is 8.21. The Labute approximate surface area is 160 Å². The molecule has 25 heavy (non-hydrogen) atoms. The summed E-state index contributed by atoms with van der Waals surface area (Å²) >= 11 is 9.40. The van der Waals surface area contributed by atoms with Crippen molar-refractivity contribution in [2.75, 3.05) is 11.1 Å². The maximum atomic E-state index is 12.1. The summed E-state index contributed by atoms with van der Waals surface area (Å²) in [4.78, 5) is 17.9. The number of aromatic nitrogens is 1. The standard InChI is InChI=1S/C19H19ClN2OS2/c1-12-5-8-14(9-6-12)24-11-3-4-16(23)21-19-22-17-13(2)7-10-15(20)18(17)25-19/h5-10H,3-4,11H2,1-2H3,(H,21,22,23). The molecule has 0 aliphatic rings. The largest absolute Gasteiger partial charge is 0.302 e. The van der Waals surface area contributed by atoms with E-state index in [1.165, 1.54) is 21.8 Å². The van der Waals surface area contributed by atoms with E-state index in [1.54, 1.807) is 11.8 Å². The minimum Gasteiger partial charge on any atom is -0.302 e. The molecule has 0 radical (unpaired) electrons. The number of hydrogen-bond acceptors (Lipinski definition) is 4. The molecule has 0 saturated heterocycles. The van der Waals surface area contributed by atoms with Crippen molar-refractivity contribution in [3.8, 4) is 0 Å². The summed E-state index contributed by atoms with van der Waals surface area (Å²) in [5, 5.41) is 4.18. The normalized spacial score (nSPS) is 11.0. The summed E-state index contributed by atoms with van der Waals surface area (Å²) in [5.41, 5.74) is 3.18. The van der Waals surface area contributed by atoms with Crippen LogP contribution in [0.15, 0.2) is 41.3 Å². The van der Waals surface area contributed by atoms with Crippen LogP contribution < -0.4 is 5.32 Å². The van der Waals surface area contributed by atoms with Gasteiger partial charge in [0.2, 0.25) is 5.91 Å². The van der Waals surface area contributed by atoms with E-state index in [0.29, 0.717) is 16.6 Å². The molecule has 1 N–H and O–H groups in total. The van der Waals surface area contributed by atoms with Crippen molar-refractivity contribution in [2.24, 2.45) is 0 Å². The zero-order chi connectivity index (χ0) is 17.8. The summed E-state index contributed by atoms with van der Waals surface area (Å²) < 4.78 is 0.923.